The predicted octanol–water partition coefficient (Wildman–Crippen LogP) is 3.03. The Kier molecular flexibility index (Phi) is 3.11. The van der Waals surface area contributed by atoms with Gasteiger partial charge in [-0.3, -0.25) is 0 Å². The van der Waals surface area contributed by atoms with Crippen molar-refractivity contribution in [3.8, 4) is 5.69 Å². The van der Waals surface area contributed by atoms with E-state index in [1.807, 2.05) is 0 Å². The zero-order chi connectivity index (χ0) is 15.2. The van der Waals surface area contributed by atoms with Crippen LogP contribution in [0.3, 0.4) is 0 Å². The fourth-order valence-corrected chi connectivity index (χ4v) is 1.53. The molecule has 0 amide bonds. The van der Waals surface area contributed by atoms with E-state index in [0.717, 1.165) is 12.3 Å². The number of benzene rings is 1. The van der Waals surface area contributed by atoms with Gasteiger partial charge in [-0.2, -0.15) is 18.3 Å². The van der Waals surface area contributed by atoms with Crippen LogP contribution in [0.1, 0.15) is 5.56 Å². The Labute approximate surface area is 106 Å². The van der Waals surface area contributed by atoms with Crippen molar-refractivity contribution >= 4 is 5.82 Å². The van der Waals surface area contributed by atoms with Crippen molar-refractivity contribution in [1.82, 2.24) is 9.78 Å². The second-order valence-electron chi connectivity index (χ2n) is 3.66. The van der Waals surface area contributed by atoms with Crippen molar-refractivity contribution in [3.63, 3.8) is 0 Å². The lowest BCUT2D eigenvalue weighted by Crippen LogP contribution is -2.18. The molecular formula is C10H4F7N3. The number of halogens is 7. The largest absolute Gasteiger partial charge is 0.422 e. The van der Waals surface area contributed by atoms with Gasteiger partial charge in [-0.1, -0.05) is 0 Å². The molecule has 0 aliphatic rings. The van der Waals surface area contributed by atoms with Crippen LogP contribution in [-0.4, -0.2) is 9.78 Å². The van der Waals surface area contributed by atoms with Crippen LogP contribution in [0.5, 0.6) is 0 Å². The lowest BCUT2D eigenvalue weighted by molar-refractivity contribution is -0.143. The lowest BCUT2D eigenvalue weighted by atomic mass is 10.1. The van der Waals surface area contributed by atoms with Gasteiger partial charge in [0.15, 0.2) is 23.3 Å². The fraction of sp³-hybridized carbons (Fsp3) is 0.100. The SMILES string of the molecule is Nc1ccn(-c2c(F)c(F)c(C(F)(F)F)c(F)c2F)n1. The van der Waals surface area contributed by atoms with Gasteiger partial charge in [0, 0.05) is 12.3 Å². The molecule has 1 aromatic heterocycles. The first kappa shape index (κ1) is 14.2. The molecule has 1 aromatic carbocycles. The lowest BCUT2D eigenvalue weighted by Gasteiger charge is -2.13. The Morgan fingerprint density at radius 2 is 1.45 bits per heavy atom. The number of hydrogen-bond donors (Lipinski definition) is 1. The summed E-state index contributed by atoms with van der Waals surface area (Å²) in [5.74, 6) is -9.80. The van der Waals surface area contributed by atoms with Crippen LogP contribution in [0.15, 0.2) is 12.3 Å². The molecule has 2 N–H and O–H groups in total. The molecule has 0 fully saturated rings. The highest BCUT2D eigenvalue weighted by atomic mass is 19.4. The molecule has 0 unspecified atom stereocenters. The molecule has 1 heterocycles. The van der Waals surface area contributed by atoms with Crippen molar-refractivity contribution < 1.29 is 30.7 Å². The molecule has 2 rings (SSSR count). The Hall–Kier alpha value is -2.26. The van der Waals surface area contributed by atoms with Gasteiger partial charge in [0.25, 0.3) is 0 Å². The first-order valence-corrected chi connectivity index (χ1v) is 4.89. The van der Waals surface area contributed by atoms with Gasteiger partial charge in [0.1, 0.15) is 17.1 Å². The summed E-state index contributed by atoms with van der Waals surface area (Å²) in [5.41, 5.74) is 1.08. The average Bonchev–Trinajstić information content (AvgIpc) is 2.72. The molecule has 0 aliphatic carbocycles. The Morgan fingerprint density at radius 1 is 0.950 bits per heavy atom. The summed E-state index contributed by atoms with van der Waals surface area (Å²) in [5, 5.41) is 3.28. The molecule has 0 aliphatic heterocycles. The quantitative estimate of drug-likeness (QED) is 0.650. The van der Waals surface area contributed by atoms with Gasteiger partial charge in [0.05, 0.1) is 0 Å². The van der Waals surface area contributed by atoms with Crippen molar-refractivity contribution in [3.05, 3.63) is 41.1 Å². The minimum Gasteiger partial charge on any atom is -0.382 e. The summed E-state index contributed by atoms with van der Waals surface area (Å²) in [6.45, 7) is 0. The molecule has 20 heavy (non-hydrogen) atoms. The third kappa shape index (κ3) is 2.06. The summed E-state index contributed by atoms with van der Waals surface area (Å²) in [6, 6.07) is 1.03. The number of rotatable bonds is 1. The Bertz CT molecular complexity index is 645. The summed E-state index contributed by atoms with van der Waals surface area (Å²) in [4.78, 5) is 0. The van der Waals surface area contributed by atoms with E-state index < -0.39 is 40.7 Å². The van der Waals surface area contributed by atoms with Crippen LogP contribution in [0.2, 0.25) is 0 Å². The highest BCUT2D eigenvalue weighted by Gasteiger charge is 2.42. The third-order valence-electron chi connectivity index (χ3n) is 2.36. The Balaban J connectivity index is 2.81. The summed E-state index contributed by atoms with van der Waals surface area (Å²) < 4.78 is 91.1. The molecular weight excluding hydrogens is 295 g/mol. The summed E-state index contributed by atoms with van der Waals surface area (Å²) >= 11 is 0. The first-order valence-electron chi connectivity index (χ1n) is 4.89. The molecule has 0 spiro atoms. The topological polar surface area (TPSA) is 43.8 Å². The van der Waals surface area contributed by atoms with Gasteiger partial charge in [-0.05, 0) is 0 Å². The minimum absolute atomic E-state index is 0.246. The van der Waals surface area contributed by atoms with Gasteiger partial charge >= 0.3 is 6.18 Å². The summed E-state index contributed by atoms with van der Waals surface area (Å²) in [7, 11) is 0. The molecule has 0 radical (unpaired) electrons. The minimum atomic E-state index is -5.59. The number of anilines is 1. The van der Waals surface area contributed by atoms with E-state index >= 15 is 0 Å². The van der Waals surface area contributed by atoms with Crippen molar-refractivity contribution in [1.29, 1.82) is 0 Å². The summed E-state index contributed by atoms with van der Waals surface area (Å²) in [6.07, 6.45) is -4.75. The number of nitrogens with two attached hydrogens (primary N) is 1. The van der Waals surface area contributed by atoms with Gasteiger partial charge in [-0.25, -0.2) is 22.2 Å². The van der Waals surface area contributed by atoms with E-state index in [0.29, 0.717) is 4.68 Å². The van der Waals surface area contributed by atoms with E-state index in [-0.39, 0.29) is 5.82 Å². The molecule has 0 saturated carbocycles. The monoisotopic (exact) mass is 299 g/mol. The van der Waals surface area contributed by atoms with Crippen LogP contribution in [-0.2, 0) is 6.18 Å². The Morgan fingerprint density at radius 3 is 1.80 bits per heavy atom. The average molecular weight is 299 g/mol. The highest BCUT2D eigenvalue weighted by molar-refractivity contribution is 5.42. The van der Waals surface area contributed by atoms with Crippen molar-refractivity contribution in [2.75, 3.05) is 5.73 Å². The van der Waals surface area contributed by atoms with E-state index in [9.17, 15) is 30.7 Å². The van der Waals surface area contributed by atoms with Crippen LogP contribution in [0, 0.1) is 23.3 Å². The number of nitrogens with zero attached hydrogens (tertiary/aromatic N) is 2. The molecule has 3 nitrogen and oxygen atoms in total. The first-order chi connectivity index (χ1) is 9.14. The zero-order valence-corrected chi connectivity index (χ0v) is 9.27. The second kappa shape index (κ2) is 4.39. The molecule has 10 heteroatoms. The van der Waals surface area contributed by atoms with E-state index in [1.54, 1.807) is 0 Å². The smallest absolute Gasteiger partial charge is 0.382 e. The number of alkyl halides is 3. The van der Waals surface area contributed by atoms with Crippen molar-refractivity contribution in [2.45, 2.75) is 6.18 Å². The van der Waals surface area contributed by atoms with Crippen LogP contribution >= 0.6 is 0 Å². The van der Waals surface area contributed by atoms with Gasteiger partial charge in [0.2, 0.25) is 0 Å². The van der Waals surface area contributed by atoms with Crippen molar-refractivity contribution in [2.24, 2.45) is 0 Å². The maximum absolute atomic E-state index is 13.5. The van der Waals surface area contributed by atoms with Crippen LogP contribution < -0.4 is 5.73 Å². The van der Waals surface area contributed by atoms with Gasteiger partial charge in [-0.15, -0.1) is 0 Å². The van der Waals surface area contributed by atoms with E-state index in [4.69, 9.17) is 5.73 Å². The fourth-order valence-electron chi connectivity index (χ4n) is 1.53. The second-order valence-corrected chi connectivity index (χ2v) is 3.66. The van der Waals surface area contributed by atoms with Gasteiger partial charge < -0.3 is 5.73 Å². The maximum Gasteiger partial charge on any atom is 0.422 e. The zero-order valence-electron chi connectivity index (χ0n) is 9.27. The number of nitrogen functional groups attached to an aromatic ring is 1. The molecule has 0 bridgehead atoms. The van der Waals surface area contributed by atoms with Crippen LogP contribution in [0.25, 0.3) is 5.69 Å². The molecule has 2 aromatic rings. The highest BCUT2D eigenvalue weighted by Crippen LogP contribution is 2.37. The molecule has 108 valence electrons. The molecule has 0 atom stereocenters. The molecule has 0 saturated heterocycles. The maximum atomic E-state index is 13.5. The van der Waals surface area contributed by atoms with Crippen LogP contribution in [0.4, 0.5) is 36.6 Å². The normalized spacial score (nSPS) is 11.9. The van der Waals surface area contributed by atoms with E-state index in [1.165, 1.54) is 0 Å². The predicted molar refractivity (Wildman–Crippen MR) is 52.8 cm³/mol. The number of hydrogen-bond acceptors (Lipinski definition) is 2. The van der Waals surface area contributed by atoms with E-state index in [2.05, 4.69) is 5.10 Å². The third-order valence-corrected chi connectivity index (χ3v) is 2.36. The number of aromatic nitrogens is 2. The standard InChI is InChI=1S/C10H4F7N3/c11-5-4(10(15,16)17)6(12)8(14)9(7(5)13)20-2-1-3(18)19-20/h1-2H,(H2,18,19).